The normalized spacial score (nSPS) is 31.8. The lowest BCUT2D eigenvalue weighted by atomic mass is 9.68. The highest BCUT2D eigenvalue weighted by atomic mass is 19.1. The fourth-order valence-corrected chi connectivity index (χ4v) is 5.53. The minimum absolute atomic E-state index is 0.117. The quantitative estimate of drug-likeness (QED) is 0.896. The van der Waals surface area contributed by atoms with Gasteiger partial charge in [-0.15, -0.1) is 0 Å². The molecular formula is C21H32FN3O. The molecule has 4 rings (SSSR count). The van der Waals surface area contributed by atoms with Crippen LogP contribution in [0, 0.1) is 11.2 Å². The van der Waals surface area contributed by atoms with E-state index >= 15 is 0 Å². The molecule has 3 heterocycles. The van der Waals surface area contributed by atoms with Gasteiger partial charge in [-0.2, -0.15) is 0 Å². The van der Waals surface area contributed by atoms with Crippen molar-refractivity contribution in [1.29, 1.82) is 0 Å². The molecule has 1 N–H and O–H groups in total. The Balaban J connectivity index is 1.38. The second kappa shape index (κ2) is 7.45. The van der Waals surface area contributed by atoms with Gasteiger partial charge in [0.1, 0.15) is 5.82 Å². The summed E-state index contributed by atoms with van der Waals surface area (Å²) in [5, 5.41) is 10.1. The van der Waals surface area contributed by atoms with E-state index in [1.807, 2.05) is 6.07 Å². The van der Waals surface area contributed by atoms with Crippen LogP contribution in [0.15, 0.2) is 24.3 Å². The number of anilines is 1. The first kappa shape index (κ1) is 18.2. The van der Waals surface area contributed by atoms with E-state index in [2.05, 4.69) is 21.7 Å². The van der Waals surface area contributed by atoms with Crippen LogP contribution in [-0.2, 0) is 0 Å². The van der Waals surface area contributed by atoms with Crippen LogP contribution in [0.25, 0.3) is 0 Å². The summed E-state index contributed by atoms with van der Waals surface area (Å²) in [7, 11) is 2.23. The van der Waals surface area contributed by atoms with Crippen molar-refractivity contribution in [2.75, 3.05) is 51.3 Å². The van der Waals surface area contributed by atoms with Gasteiger partial charge >= 0.3 is 0 Å². The number of aliphatic hydroxyl groups is 1. The summed E-state index contributed by atoms with van der Waals surface area (Å²) in [4.78, 5) is 7.46. The molecule has 3 fully saturated rings. The van der Waals surface area contributed by atoms with Crippen LogP contribution in [0.3, 0.4) is 0 Å². The fourth-order valence-electron chi connectivity index (χ4n) is 5.53. The first-order valence-electron chi connectivity index (χ1n) is 10.2. The monoisotopic (exact) mass is 361 g/mol. The molecule has 0 amide bonds. The Hall–Kier alpha value is -1.17. The highest BCUT2D eigenvalue weighted by Crippen LogP contribution is 2.42. The predicted molar refractivity (Wildman–Crippen MR) is 103 cm³/mol. The summed E-state index contributed by atoms with van der Waals surface area (Å²) in [6.45, 7) is 5.66. The molecule has 3 aliphatic heterocycles. The summed E-state index contributed by atoms with van der Waals surface area (Å²) >= 11 is 0. The molecule has 5 heteroatoms. The lowest BCUT2D eigenvalue weighted by molar-refractivity contribution is -0.0772. The molecule has 0 radical (unpaired) electrons. The molecule has 0 aliphatic carbocycles. The van der Waals surface area contributed by atoms with Gasteiger partial charge in [0.2, 0.25) is 0 Å². The van der Waals surface area contributed by atoms with Crippen LogP contribution in [0.4, 0.5) is 10.1 Å². The number of aliphatic hydroxyl groups excluding tert-OH is 1. The van der Waals surface area contributed by atoms with Gasteiger partial charge in [0.25, 0.3) is 0 Å². The zero-order valence-electron chi connectivity index (χ0n) is 15.9. The number of hydrogen-bond donors (Lipinski definition) is 1. The zero-order valence-corrected chi connectivity index (χ0v) is 15.9. The Morgan fingerprint density at radius 1 is 1.15 bits per heavy atom. The van der Waals surface area contributed by atoms with Crippen molar-refractivity contribution < 1.29 is 9.50 Å². The van der Waals surface area contributed by atoms with E-state index in [9.17, 15) is 9.50 Å². The molecule has 144 valence electrons. The summed E-state index contributed by atoms with van der Waals surface area (Å²) in [6.07, 6.45) is 5.77. The Kier molecular flexibility index (Phi) is 5.22. The summed E-state index contributed by atoms with van der Waals surface area (Å²) in [6, 6.07) is 8.07. The van der Waals surface area contributed by atoms with E-state index in [0.717, 1.165) is 57.7 Å². The highest BCUT2D eigenvalue weighted by molar-refractivity contribution is 5.46. The first-order valence-corrected chi connectivity index (χ1v) is 10.2. The lowest BCUT2D eigenvalue weighted by Gasteiger charge is -2.55. The van der Waals surface area contributed by atoms with E-state index in [4.69, 9.17) is 0 Å². The van der Waals surface area contributed by atoms with Gasteiger partial charge in [-0.3, -0.25) is 4.90 Å². The standard InChI is InChI=1S/C21H32FN3O/c1-23-10-3-8-21(16-26)9-13-25(15-20(21)23)18-6-11-24(12-7-18)19-5-2-4-17(22)14-19/h2,4-5,14,18,20,26H,3,6-13,15-16H2,1H3/t20-,21-/m1/s1. The molecule has 1 aromatic rings. The number of hydrogen-bond acceptors (Lipinski definition) is 4. The molecule has 0 bridgehead atoms. The number of fused-ring (bicyclic) bond motifs is 1. The van der Waals surface area contributed by atoms with Gasteiger partial charge in [-0.1, -0.05) is 6.07 Å². The van der Waals surface area contributed by atoms with Crippen molar-refractivity contribution >= 4 is 5.69 Å². The average molecular weight is 362 g/mol. The number of benzene rings is 1. The van der Waals surface area contributed by atoms with Crippen LogP contribution >= 0.6 is 0 Å². The van der Waals surface area contributed by atoms with Crippen molar-refractivity contribution in [3.8, 4) is 0 Å². The Labute approximate surface area is 156 Å². The molecule has 26 heavy (non-hydrogen) atoms. The van der Waals surface area contributed by atoms with Gasteiger partial charge in [0, 0.05) is 42.8 Å². The minimum Gasteiger partial charge on any atom is -0.396 e. The summed E-state index contributed by atoms with van der Waals surface area (Å²) in [5.41, 5.74) is 1.12. The summed E-state index contributed by atoms with van der Waals surface area (Å²) in [5.74, 6) is -0.152. The molecule has 0 spiro atoms. The maximum absolute atomic E-state index is 13.5. The van der Waals surface area contributed by atoms with E-state index in [1.165, 1.54) is 18.9 Å². The third kappa shape index (κ3) is 3.37. The van der Waals surface area contributed by atoms with Gasteiger partial charge in [0.05, 0.1) is 6.61 Å². The maximum Gasteiger partial charge on any atom is 0.125 e. The van der Waals surface area contributed by atoms with Crippen LogP contribution < -0.4 is 4.90 Å². The number of rotatable bonds is 3. The van der Waals surface area contributed by atoms with E-state index in [0.29, 0.717) is 18.7 Å². The van der Waals surface area contributed by atoms with Gasteiger partial charge in [-0.05, 0) is 70.4 Å². The number of piperidine rings is 3. The number of likely N-dealkylation sites (tertiary alicyclic amines) is 2. The van der Waals surface area contributed by atoms with Crippen molar-refractivity contribution in [2.24, 2.45) is 5.41 Å². The average Bonchev–Trinajstić information content (AvgIpc) is 2.68. The third-order valence-corrected chi connectivity index (χ3v) is 7.20. The predicted octanol–water partition coefficient (Wildman–Crippen LogP) is 2.57. The van der Waals surface area contributed by atoms with Crippen molar-refractivity contribution in [3.05, 3.63) is 30.1 Å². The molecular weight excluding hydrogens is 329 g/mol. The van der Waals surface area contributed by atoms with Gasteiger partial charge in [0.15, 0.2) is 0 Å². The third-order valence-electron chi connectivity index (χ3n) is 7.20. The number of nitrogens with zero attached hydrogens (tertiary/aromatic N) is 3. The number of likely N-dealkylation sites (N-methyl/N-ethyl adjacent to an activating group) is 1. The lowest BCUT2D eigenvalue weighted by Crippen LogP contribution is -2.63. The second-order valence-corrected chi connectivity index (χ2v) is 8.56. The molecule has 2 atom stereocenters. The maximum atomic E-state index is 13.5. The molecule has 0 saturated carbocycles. The molecule has 3 saturated heterocycles. The largest absolute Gasteiger partial charge is 0.396 e. The zero-order chi connectivity index (χ0) is 18.1. The summed E-state index contributed by atoms with van der Waals surface area (Å²) < 4.78 is 13.5. The molecule has 1 aromatic carbocycles. The Morgan fingerprint density at radius 3 is 2.69 bits per heavy atom. The van der Waals surface area contributed by atoms with Crippen molar-refractivity contribution in [2.45, 2.75) is 44.2 Å². The molecule has 0 aromatic heterocycles. The van der Waals surface area contributed by atoms with Crippen LogP contribution in [0.5, 0.6) is 0 Å². The van der Waals surface area contributed by atoms with E-state index < -0.39 is 0 Å². The van der Waals surface area contributed by atoms with Crippen molar-refractivity contribution in [3.63, 3.8) is 0 Å². The first-order chi connectivity index (χ1) is 12.6. The topological polar surface area (TPSA) is 30.0 Å². The van der Waals surface area contributed by atoms with E-state index in [-0.39, 0.29) is 11.2 Å². The molecule has 3 aliphatic rings. The van der Waals surface area contributed by atoms with Gasteiger partial charge in [-0.25, -0.2) is 4.39 Å². The van der Waals surface area contributed by atoms with E-state index in [1.54, 1.807) is 12.1 Å². The highest BCUT2D eigenvalue weighted by Gasteiger charge is 2.47. The smallest absolute Gasteiger partial charge is 0.125 e. The Morgan fingerprint density at radius 2 is 1.96 bits per heavy atom. The molecule has 4 nitrogen and oxygen atoms in total. The number of halogens is 1. The Bertz CT molecular complexity index is 619. The minimum atomic E-state index is -0.152. The molecule has 0 unspecified atom stereocenters. The van der Waals surface area contributed by atoms with Crippen LogP contribution in [-0.4, -0.2) is 73.4 Å². The SMILES string of the molecule is CN1CCC[C@]2(CO)CCN(C3CCN(c4cccc(F)c4)CC3)C[C@@H]12. The van der Waals surface area contributed by atoms with Crippen LogP contribution in [0.1, 0.15) is 32.1 Å². The van der Waals surface area contributed by atoms with Crippen LogP contribution in [0.2, 0.25) is 0 Å². The van der Waals surface area contributed by atoms with Crippen molar-refractivity contribution in [1.82, 2.24) is 9.80 Å². The second-order valence-electron chi connectivity index (χ2n) is 8.56. The van der Waals surface area contributed by atoms with Gasteiger partial charge < -0.3 is 14.9 Å². The fraction of sp³-hybridized carbons (Fsp3) is 0.714.